The number of fused-ring (bicyclic) bond motifs is 1. The van der Waals surface area contributed by atoms with E-state index in [4.69, 9.17) is 25.6 Å². The molecule has 0 spiro atoms. The van der Waals surface area contributed by atoms with Gasteiger partial charge in [0.15, 0.2) is 17.5 Å². The molecule has 3 rings (SSSR count). The fourth-order valence-electron chi connectivity index (χ4n) is 2.53. The molecule has 0 atom stereocenters. The number of aliphatic imine (C=N–C) groups is 1. The number of nitrogens with zero attached hydrogens (tertiary/aromatic N) is 3. The summed E-state index contributed by atoms with van der Waals surface area (Å²) >= 11 is 6.28. The van der Waals surface area contributed by atoms with Gasteiger partial charge < -0.3 is 24.2 Å². The zero-order chi connectivity index (χ0) is 17.6. The Hall–Kier alpha value is -2.41. The number of nitrogens with one attached hydrogen (secondary N) is 1. The molecule has 1 N–H and O–H groups in total. The van der Waals surface area contributed by atoms with Crippen molar-refractivity contribution in [3.05, 3.63) is 40.7 Å². The van der Waals surface area contributed by atoms with Crippen molar-refractivity contribution in [3.8, 4) is 11.5 Å². The summed E-state index contributed by atoms with van der Waals surface area (Å²) in [5, 5.41) is 7.74. The smallest absolute Gasteiger partial charge is 0.194 e. The first-order valence-electron chi connectivity index (χ1n) is 8.14. The van der Waals surface area contributed by atoms with E-state index in [-0.39, 0.29) is 0 Å². The van der Waals surface area contributed by atoms with Crippen LogP contribution in [0, 0.1) is 0 Å². The average molecular weight is 365 g/mol. The third-order valence-electron chi connectivity index (χ3n) is 3.65. The first-order valence-corrected chi connectivity index (χ1v) is 8.52. The number of aromatic nitrogens is 1. The van der Waals surface area contributed by atoms with Crippen LogP contribution in [0.2, 0.25) is 5.02 Å². The Balaban J connectivity index is 1.73. The minimum absolute atomic E-state index is 0.474. The van der Waals surface area contributed by atoms with Crippen LogP contribution in [-0.2, 0) is 13.1 Å². The first-order chi connectivity index (χ1) is 12.2. The van der Waals surface area contributed by atoms with E-state index in [0.717, 1.165) is 23.8 Å². The lowest BCUT2D eigenvalue weighted by Gasteiger charge is -2.22. The van der Waals surface area contributed by atoms with Crippen LogP contribution in [0.4, 0.5) is 0 Å². The van der Waals surface area contributed by atoms with Gasteiger partial charge in [0, 0.05) is 19.7 Å². The lowest BCUT2D eigenvalue weighted by atomic mass is 10.2. The Bertz CT molecular complexity index is 734. The maximum absolute atomic E-state index is 6.28. The molecule has 1 aliphatic heterocycles. The Morgan fingerprint density at radius 3 is 2.96 bits per heavy atom. The molecule has 0 fully saturated rings. The van der Waals surface area contributed by atoms with Gasteiger partial charge in [0.1, 0.15) is 25.2 Å². The van der Waals surface area contributed by atoms with Crippen LogP contribution in [0.1, 0.15) is 18.2 Å². The molecule has 25 heavy (non-hydrogen) atoms. The highest BCUT2D eigenvalue weighted by molar-refractivity contribution is 6.32. The molecule has 1 aromatic heterocycles. The Morgan fingerprint density at radius 2 is 2.20 bits per heavy atom. The number of hydrogen-bond donors (Lipinski definition) is 1. The minimum atomic E-state index is 0.474. The Labute approximate surface area is 151 Å². The first kappa shape index (κ1) is 17.4. The SMILES string of the molecule is CCNC(=NCc1cc(Cl)c2c(c1)OCCO2)N(C)Cc1ccon1. The lowest BCUT2D eigenvalue weighted by molar-refractivity contribution is 0.171. The van der Waals surface area contributed by atoms with Crippen molar-refractivity contribution in [2.45, 2.75) is 20.0 Å². The fourth-order valence-corrected chi connectivity index (χ4v) is 2.82. The van der Waals surface area contributed by atoms with Crippen molar-refractivity contribution in [3.63, 3.8) is 0 Å². The average Bonchev–Trinajstić information content (AvgIpc) is 3.11. The van der Waals surface area contributed by atoms with Gasteiger partial charge in [0.2, 0.25) is 0 Å². The maximum Gasteiger partial charge on any atom is 0.194 e. The molecule has 0 radical (unpaired) electrons. The molecular formula is C17H21ClN4O3. The largest absolute Gasteiger partial charge is 0.486 e. The van der Waals surface area contributed by atoms with E-state index in [1.54, 1.807) is 6.26 Å². The van der Waals surface area contributed by atoms with Crippen LogP contribution < -0.4 is 14.8 Å². The zero-order valence-electron chi connectivity index (χ0n) is 14.3. The maximum atomic E-state index is 6.28. The summed E-state index contributed by atoms with van der Waals surface area (Å²) in [7, 11) is 1.95. The Kier molecular flexibility index (Phi) is 5.65. The van der Waals surface area contributed by atoms with Gasteiger partial charge >= 0.3 is 0 Å². The van der Waals surface area contributed by atoms with E-state index in [0.29, 0.717) is 42.8 Å². The van der Waals surface area contributed by atoms with Crippen LogP contribution in [0.25, 0.3) is 0 Å². The van der Waals surface area contributed by atoms with Crippen molar-refractivity contribution < 1.29 is 14.0 Å². The van der Waals surface area contributed by atoms with Gasteiger partial charge in [-0.25, -0.2) is 4.99 Å². The van der Waals surface area contributed by atoms with Gasteiger partial charge in [-0.3, -0.25) is 0 Å². The molecule has 0 bridgehead atoms. The van der Waals surface area contributed by atoms with E-state index in [2.05, 4.69) is 15.5 Å². The molecule has 134 valence electrons. The third kappa shape index (κ3) is 4.36. The normalized spacial score (nSPS) is 13.6. The minimum Gasteiger partial charge on any atom is -0.486 e. The zero-order valence-corrected chi connectivity index (χ0v) is 15.0. The predicted octanol–water partition coefficient (Wildman–Crippen LogP) is 2.70. The van der Waals surface area contributed by atoms with Crippen molar-refractivity contribution in [2.75, 3.05) is 26.8 Å². The van der Waals surface area contributed by atoms with E-state index >= 15 is 0 Å². The summed E-state index contributed by atoms with van der Waals surface area (Å²) in [4.78, 5) is 6.66. The van der Waals surface area contributed by atoms with E-state index in [1.807, 2.05) is 37.1 Å². The van der Waals surface area contributed by atoms with Gasteiger partial charge in [0.05, 0.1) is 18.1 Å². The summed E-state index contributed by atoms with van der Waals surface area (Å²) in [6, 6.07) is 5.62. The van der Waals surface area contributed by atoms with Gasteiger partial charge in [-0.2, -0.15) is 0 Å². The molecule has 2 heterocycles. The lowest BCUT2D eigenvalue weighted by Crippen LogP contribution is -2.38. The van der Waals surface area contributed by atoms with Crippen molar-refractivity contribution in [1.82, 2.24) is 15.4 Å². The van der Waals surface area contributed by atoms with Crippen LogP contribution in [0.3, 0.4) is 0 Å². The number of benzene rings is 1. The molecule has 0 unspecified atom stereocenters. The number of hydrogen-bond acceptors (Lipinski definition) is 5. The summed E-state index contributed by atoms with van der Waals surface area (Å²) in [6.07, 6.45) is 1.56. The third-order valence-corrected chi connectivity index (χ3v) is 3.94. The van der Waals surface area contributed by atoms with Crippen molar-refractivity contribution in [2.24, 2.45) is 4.99 Å². The molecular weight excluding hydrogens is 344 g/mol. The molecule has 0 saturated carbocycles. The highest BCUT2D eigenvalue weighted by Crippen LogP contribution is 2.38. The molecule has 2 aromatic rings. The molecule has 1 aromatic carbocycles. The summed E-state index contributed by atoms with van der Waals surface area (Å²) in [5.41, 5.74) is 1.80. The van der Waals surface area contributed by atoms with Crippen LogP contribution in [-0.4, -0.2) is 42.8 Å². The standard InChI is InChI=1S/C17H21ClN4O3/c1-3-19-17(22(2)11-13-4-5-25-21-13)20-10-12-8-14(18)16-15(9-12)23-6-7-24-16/h4-5,8-9H,3,6-7,10-11H2,1-2H3,(H,19,20). The van der Waals surface area contributed by atoms with Crippen molar-refractivity contribution >= 4 is 17.6 Å². The Morgan fingerprint density at radius 1 is 1.36 bits per heavy atom. The number of halogens is 1. The molecule has 1 aliphatic rings. The second-order valence-electron chi connectivity index (χ2n) is 5.62. The highest BCUT2D eigenvalue weighted by atomic mass is 35.5. The molecule has 0 saturated heterocycles. The summed E-state index contributed by atoms with van der Waals surface area (Å²) in [6.45, 7) is 4.91. The second kappa shape index (κ2) is 8.11. The van der Waals surface area contributed by atoms with Gasteiger partial charge in [0.25, 0.3) is 0 Å². The topological polar surface area (TPSA) is 72.1 Å². The summed E-state index contributed by atoms with van der Waals surface area (Å²) < 4.78 is 16.0. The number of rotatable bonds is 5. The van der Waals surface area contributed by atoms with Gasteiger partial charge in [-0.05, 0) is 24.6 Å². The van der Waals surface area contributed by atoms with E-state index in [9.17, 15) is 0 Å². The number of ether oxygens (including phenoxy) is 2. The van der Waals surface area contributed by atoms with Gasteiger partial charge in [-0.15, -0.1) is 0 Å². The molecule has 0 aliphatic carbocycles. The van der Waals surface area contributed by atoms with Crippen molar-refractivity contribution in [1.29, 1.82) is 0 Å². The van der Waals surface area contributed by atoms with Gasteiger partial charge in [-0.1, -0.05) is 16.8 Å². The molecule has 0 amide bonds. The van der Waals surface area contributed by atoms with Crippen LogP contribution in [0.15, 0.2) is 34.0 Å². The van der Waals surface area contributed by atoms with E-state index in [1.165, 1.54) is 0 Å². The fraction of sp³-hybridized carbons (Fsp3) is 0.412. The van der Waals surface area contributed by atoms with Crippen LogP contribution in [0.5, 0.6) is 11.5 Å². The van der Waals surface area contributed by atoms with Crippen LogP contribution >= 0.6 is 11.6 Å². The molecule has 8 heteroatoms. The second-order valence-corrected chi connectivity index (χ2v) is 6.03. The number of guanidine groups is 1. The monoisotopic (exact) mass is 364 g/mol. The quantitative estimate of drug-likeness (QED) is 0.649. The van der Waals surface area contributed by atoms with E-state index < -0.39 is 0 Å². The molecule has 7 nitrogen and oxygen atoms in total. The summed E-state index contributed by atoms with van der Waals surface area (Å²) in [5.74, 6) is 2.05. The predicted molar refractivity (Wildman–Crippen MR) is 95.2 cm³/mol. The highest BCUT2D eigenvalue weighted by Gasteiger charge is 2.17.